The summed E-state index contributed by atoms with van der Waals surface area (Å²) < 4.78 is 11.1. The molecule has 142 valence electrons. The molecule has 0 atom stereocenters. The number of carbonyl (C=O) groups excluding carboxylic acids is 3. The van der Waals surface area contributed by atoms with Crippen molar-refractivity contribution in [3.05, 3.63) is 71.5 Å². The molecule has 2 aromatic carbocycles. The van der Waals surface area contributed by atoms with Crippen molar-refractivity contribution in [2.45, 2.75) is 19.4 Å². The lowest BCUT2D eigenvalue weighted by Gasteiger charge is -2.33. The predicted molar refractivity (Wildman–Crippen MR) is 102 cm³/mol. The third kappa shape index (κ3) is 3.01. The molecule has 0 saturated carbocycles. The molecule has 1 aliphatic rings. The highest BCUT2D eigenvalue weighted by Gasteiger charge is 2.44. The van der Waals surface area contributed by atoms with Crippen LogP contribution in [0.5, 0.6) is 0 Å². The number of imide groups is 1. The van der Waals surface area contributed by atoms with Gasteiger partial charge in [0.15, 0.2) is 5.76 Å². The van der Waals surface area contributed by atoms with E-state index in [-0.39, 0.29) is 36.6 Å². The molecule has 6 heteroatoms. The largest absolute Gasteiger partial charge is 0.453 e. The first-order valence-corrected chi connectivity index (χ1v) is 8.96. The summed E-state index contributed by atoms with van der Waals surface area (Å²) in [5, 5.41) is 0.845. The molecule has 0 N–H and O–H groups in total. The summed E-state index contributed by atoms with van der Waals surface area (Å²) >= 11 is 0. The maximum absolute atomic E-state index is 12.6. The van der Waals surface area contributed by atoms with Gasteiger partial charge in [0, 0.05) is 5.39 Å². The third-order valence-electron chi connectivity index (χ3n) is 4.79. The molecule has 0 saturated heterocycles. The average molecular weight is 377 g/mol. The number of para-hydroxylation sites is 1. The number of ether oxygens (including phenoxy) is 1. The van der Waals surface area contributed by atoms with Crippen molar-refractivity contribution in [2.75, 3.05) is 13.2 Å². The van der Waals surface area contributed by atoms with Crippen molar-refractivity contribution >= 4 is 28.6 Å². The van der Waals surface area contributed by atoms with E-state index in [1.807, 2.05) is 18.2 Å². The van der Waals surface area contributed by atoms with E-state index in [2.05, 4.69) is 0 Å². The second-order valence-corrected chi connectivity index (χ2v) is 7.37. The summed E-state index contributed by atoms with van der Waals surface area (Å²) in [5.41, 5.74) is 0.511. The smallest absolute Gasteiger partial charge is 0.262 e. The van der Waals surface area contributed by atoms with E-state index in [9.17, 15) is 14.4 Å². The zero-order valence-electron chi connectivity index (χ0n) is 15.6. The van der Waals surface area contributed by atoms with Gasteiger partial charge in [0.25, 0.3) is 11.8 Å². The minimum atomic E-state index is -0.901. The first-order chi connectivity index (χ1) is 13.4. The molecule has 0 spiro atoms. The lowest BCUT2D eigenvalue weighted by Crippen LogP contribution is -2.50. The molecule has 6 nitrogen and oxygen atoms in total. The maximum Gasteiger partial charge on any atom is 0.262 e. The van der Waals surface area contributed by atoms with E-state index in [1.54, 1.807) is 50.2 Å². The van der Waals surface area contributed by atoms with Gasteiger partial charge in [-0.1, -0.05) is 30.3 Å². The van der Waals surface area contributed by atoms with Gasteiger partial charge in [0.2, 0.25) is 5.78 Å². The molecule has 3 aromatic rings. The highest BCUT2D eigenvalue weighted by molar-refractivity contribution is 6.21. The molecule has 2 heterocycles. The average Bonchev–Trinajstić information content (AvgIpc) is 3.22. The van der Waals surface area contributed by atoms with Gasteiger partial charge in [-0.2, -0.15) is 0 Å². The fourth-order valence-electron chi connectivity index (χ4n) is 3.39. The molecule has 4 rings (SSSR count). The van der Waals surface area contributed by atoms with E-state index in [4.69, 9.17) is 9.15 Å². The first kappa shape index (κ1) is 18.1. The number of ketones is 1. The van der Waals surface area contributed by atoms with Crippen molar-refractivity contribution in [3.8, 4) is 0 Å². The zero-order valence-corrected chi connectivity index (χ0v) is 15.6. The molecule has 1 aliphatic heterocycles. The quantitative estimate of drug-likeness (QED) is 0.483. The normalized spacial score (nSPS) is 14.0. The van der Waals surface area contributed by atoms with E-state index in [0.29, 0.717) is 16.7 Å². The van der Waals surface area contributed by atoms with Gasteiger partial charge in [-0.05, 0) is 38.1 Å². The van der Waals surface area contributed by atoms with Crippen LogP contribution in [0.25, 0.3) is 11.0 Å². The summed E-state index contributed by atoms with van der Waals surface area (Å²) in [6.07, 6.45) is 0. The Morgan fingerprint density at radius 2 is 1.61 bits per heavy atom. The molecule has 2 amide bonds. The second-order valence-electron chi connectivity index (χ2n) is 7.37. The van der Waals surface area contributed by atoms with Crippen LogP contribution >= 0.6 is 0 Å². The number of hydrogen-bond acceptors (Lipinski definition) is 5. The third-order valence-corrected chi connectivity index (χ3v) is 4.79. The number of nitrogens with zero attached hydrogens (tertiary/aromatic N) is 1. The topological polar surface area (TPSA) is 76.8 Å². The van der Waals surface area contributed by atoms with Crippen molar-refractivity contribution in [3.63, 3.8) is 0 Å². The zero-order chi connectivity index (χ0) is 19.9. The van der Waals surface area contributed by atoms with E-state index >= 15 is 0 Å². The summed E-state index contributed by atoms with van der Waals surface area (Å²) in [5.74, 6) is -0.773. The van der Waals surface area contributed by atoms with Crippen molar-refractivity contribution in [1.82, 2.24) is 4.90 Å². The fourth-order valence-corrected chi connectivity index (χ4v) is 3.39. The highest BCUT2D eigenvalue weighted by atomic mass is 16.5. The lowest BCUT2D eigenvalue weighted by molar-refractivity contribution is 0.0174. The number of carbonyl (C=O) groups is 3. The Labute approximate surface area is 161 Å². The van der Waals surface area contributed by atoms with Crippen molar-refractivity contribution < 1.29 is 23.5 Å². The van der Waals surface area contributed by atoms with Gasteiger partial charge >= 0.3 is 0 Å². The van der Waals surface area contributed by atoms with Crippen molar-refractivity contribution in [1.29, 1.82) is 0 Å². The van der Waals surface area contributed by atoms with Gasteiger partial charge in [0.05, 0.1) is 23.3 Å². The van der Waals surface area contributed by atoms with Crippen LogP contribution in [0.4, 0.5) is 0 Å². The van der Waals surface area contributed by atoms with Crippen LogP contribution in [-0.4, -0.2) is 41.3 Å². The monoisotopic (exact) mass is 377 g/mol. The van der Waals surface area contributed by atoms with Gasteiger partial charge in [-0.3, -0.25) is 19.3 Å². The van der Waals surface area contributed by atoms with E-state index in [0.717, 1.165) is 5.39 Å². The molecular formula is C22H19NO5. The molecular weight excluding hydrogens is 358 g/mol. The molecule has 0 bridgehead atoms. The molecule has 0 aliphatic carbocycles. The first-order valence-electron chi connectivity index (χ1n) is 8.96. The minimum Gasteiger partial charge on any atom is -0.453 e. The Bertz CT molecular complexity index is 1030. The molecule has 1 aromatic heterocycles. The van der Waals surface area contributed by atoms with Gasteiger partial charge in [-0.15, -0.1) is 0 Å². The molecule has 28 heavy (non-hydrogen) atoms. The Morgan fingerprint density at radius 3 is 2.25 bits per heavy atom. The van der Waals surface area contributed by atoms with Gasteiger partial charge in [-0.25, -0.2) is 0 Å². The lowest BCUT2D eigenvalue weighted by atomic mass is 10.0. The molecule has 0 fully saturated rings. The Hall–Kier alpha value is -3.25. The van der Waals surface area contributed by atoms with Crippen LogP contribution in [0.3, 0.4) is 0 Å². The van der Waals surface area contributed by atoms with Crippen LogP contribution < -0.4 is 0 Å². The van der Waals surface area contributed by atoms with Crippen LogP contribution in [-0.2, 0) is 4.74 Å². The SMILES string of the molecule is CC(C)(COCC(=O)c1cc2ccccc2o1)N1C(=O)c2ccccc2C1=O. The standard InChI is InChI=1S/C22H19NO5/c1-22(2,23-20(25)15-8-4-5-9-16(15)21(23)26)13-27-12-17(24)19-11-14-7-3-6-10-18(14)28-19/h3-11H,12-13H2,1-2H3. The van der Waals surface area contributed by atoms with E-state index in [1.165, 1.54) is 4.90 Å². The number of hydrogen-bond donors (Lipinski definition) is 0. The number of fused-ring (bicyclic) bond motifs is 2. The summed E-state index contributed by atoms with van der Waals surface area (Å²) in [6, 6.07) is 15.8. The molecule has 0 unspecified atom stereocenters. The van der Waals surface area contributed by atoms with Crippen LogP contribution in [0.1, 0.15) is 45.1 Å². The second kappa shape index (κ2) is 6.73. The molecule has 0 radical (unpaired) electrons. The number of benzene rings is 2. The Kier molecular flexibility index (Phi) is 4.35. The Balaban J connectivity index is 1.42. The highest BCUT2D eigenvalue weighted by Crippen LogP contribution is 2.29. The van der Waals surface area contributed by atoms with E-state index < -0.39 is 5.54 Å². The Morgan fingerprint density at radius 1 is 1.00 bits per heavy atom. The van der Waals surface area contributed by atoms with Gasteiger partial charge < -0.3 is 9.15 Å². The fraction of sp³-hybridized carbons (Fsp3) is 0.227. The number of rotatable bonds is 6. The van der Waals surface area contributed by atoms with Crippen LogP contribution in [0.15, 0.2) is 59.0 Å². The summed E-state index contributed by atoms with van der Waals surface area (Å²) in [6.45, 7) is 3.30. The minimum absolute atomic E-state index is 0.0322. The summed E-state index contributed by atoms with van der Waals surface area (Å²) in [4.78, 5) is 38.8. The van der Waals surface area contributed by atoms with Crippen LogP contribution in [0, 0.1) is 0 Å². The number of Topliss-reactive ketones (excluding diaryl/α,β-unsaturated/α-hetero) is 1. The number of furan rings is 1. The van der Waals surface area contributed by atoms with Gasteiger partial charge in [0.1, 0.15) is 12.2 Å². The number of amides is 2. The van der Waals surface area contributed by atoms with Crippen LogP contribution in [0.2, 0.25) is 0 Å². The predicted octanol–water partition coefficient (Wildman–Crippen LogP) is 3.71. The van der Waals surface area contributed by atoms with Crippen molar-refractivity contribution in [2.24, 2.45) is 0 Å². The summed E-state index contributed by atoms with van der Waals surface area (Å²) in [7, 11) is 0. The maximum atomic E-state index is 12.6.